The van der Waals surface area contributed by atoms with Crippen LogP contribution in [0.4, 0.5) is 0 Å². The Morgan fingerprint density at radius 1 is 1.37 bits per heavy atom. The molecular formula is C17H26O2. The van der Waals surface area contributed by atoms with Gasteiger partial charge in [-0.1, -0.05) is 31.5 Å². The van der Waals surface area contributed by atoms with Crippen molar-refractivity contribution in [3.8, 4) is 5.75 Å². The van der Waals surface area contributed by atoms with Crippen molar-refractivity contribution in [2.75, 3.05) is 7.11 Å². The number of rotatable bonds is 3. The highest BCUT2D eigenvalue weighted by Crippen LogP contribution is 2.40. The molecule has 1 N–H and O–H groups in total. The summed E-state index contributed by atoms with van der Waals surface area (Å²) in [5.41, 5.74) is 1.77. The van der Waals surface area contributed by atoms with Gasteiger partial charge in [0.1, 0.15) is 5.75 Å². The normalized spacial score (nSPS) is 31.2. The van der Waals surface area contributed by atoms with E-state index in [-0.39, 0.29) is 0 Å². The predicted octanol–water partition coefficient (Wildman–Crippen LogP) is 3.73. The van der Waals surface area contributed by atoms with Crippen LogP contribution in [0, 0.1) is 18.8 Å². The number of aryl methyl sites for hydroxylation is 1. The average molecular weight is 262 g/mol. The summed E-state index contributed by atoms with van der Waals surface area (Å²) >= 11 is 0. The maximum Gasteiger partial charge on any atom is 0.122 e. The van der Waals surface area contributed by atoms with Gasteiger partial charge in [-0.2, -0.15) is 0 Å². The Balaban J connectivity index is 2.22. The SMILES string of the molecule is COc1ccc(C)cc1CC1(O)CCC(C)CC1C. The van der Waals surface area contributed by atoms with E-state index in [1.807, 2.05) is 6.07 Å². The molecule has 0 aliphatic heterocycles. The zero-order valence-electron chi connectivity index (χ0n) is 12.6. The molecule has 0 amide bonds. The van der Waals surface area contributed by atoms with Crippen molar-refractivity contribution >= 4 is 0 Å². The number of hydrogen-bond acceptors (Lipinski definition) is 2. The Morgan fingerprint density at radius 2 is 2.11 bits per heavy atom. The van der Waals surface area contributed by atoms with Crippen LogP contribution in [0.2, 0.25) is 0 Å². The summed E-state index contributed by atoms with van der Waals surface area (Å²) in [6, 6.07) is 6.20. The number of methoxy groups -OCH3 is 1. The summed E-state index contributed by atoms with van der Waals surface area (Å²) < 4.78 is 5.43. The van der Waals surface area contributed by atoms with Crippen molar-refractivity contribution in [2.24, 2.45) is 11.8 Å². The fourth-order valence-corrected chi connectivity index (χ4v) is 3.32. The van der Waals surface area contributed by atoms with Crippen molar-refractivity contribution < 1.29 is 9.84 Å². The van der Waals surface area contributed by atoms with E-state index in [4.69, 9.17) is 4.74 Å². The molecule has 19 heavy (non-hydrogen) atoms. The van der Waals surface area contributed by atoms with E-state index >= 15 is 0 Å². The fourth-order valence-electron chi connectivity index (χ4n) is 3.32. The lowest BCUT2D eigenvalue weighted by molar-refractivity contribution is -0.0525. The molecule has 2 rings (SSSR count). The fraction of sp³-hybridized carbons (Fsp3) is 0.647. The zero-order valence-corrected chi connectivity index (χ0v) is 12.6. The van der Waals surface area contributed by atoms with Crippen molar-refractivity contribution in [3.63, 3.8) is 0 Å². The molecule has 1 aromatic rings. The molecule has 3 unspecified atom stereocenters. The predicted molar refractivity (Wildman–Crippen MR) is 78.6 cm³/mol. The van der Waals surface area contributed by atoms with Gasteiger partial charge in [0.25, 0.3) is 0 Å². The quantitative estimate of drug-likeness (QED) is 0.899. The van der Waals surface area contributed by atoms with Gasteiger partial charge in [0, 0.05) is 6.42 Å². The average Bonchev–Trinajstić information content (AvgIpc) is 2.35. The highest BCUT2D eigenvalue weighted by atomic mass is 16.5. The molecule has 2 heteroatoms. The molecule has 0 radical (unpaired) electrons. The second-order valence-electron chi connectivity index (χ2n) is 6.38. The molecule has 0 aromatic heterocycles. The van der Waals surface area contributed by atoms with Crippen LogP contribution in [0.25, 0.3) is 0 Å². The van der Waals surface area contributed by atoms with Crippen molar-refractivity contribution in [3.05, 3.63) is 29.3 Å². The lowest BCUT2D eigenvalue weighted by Gasteiger charge is -2.41. The van der Waals surface area contributed by atoms with Crippen LogP contribution in [0.15, 0.2) is 18.2 Å². The molecule has 1 saturated carbocycles. The van der Waals surface area contributed by atoms with Gasteiger partial charge < -0.3 is 9.84 Å². The molecule has 0 heterocycles. The van der Waals surface area contributed by atoms with E-state index < -0.39 is 5.60 Å². The first-order valence-electron chi connectivity index (χ1n) is 7.30. The minimum Gasteiger partial charge on any atom is -0.496 e. The lowest BCUT2D eigenvalue weighted by atomic mass is 9.69. The van der Waals surface area contributed by atoms with Crippen LogP contribution in [0.5, 0.6) is 5.75 Å². The van der Waals surface area contributed by atoms with Crippen LogP contribution in [0.3, 0.4) is 0 Å². The first kappa shape index (κ1) is 14.4. The highest BCUT2D eigenvalue weighted by Gasteiger charge is 2.38. The summed E-state index contributed by atoms with van der Waals surface area (Å²) in [4.78, 5) is 0. The van der Waals surface area contributed by atoms with Gasteiger partial charge in [-0.3, -0.25) is 0 Å². The minimum atomic E-state index is -0.576. The van der Waals surface area contributed by atoms with E-state index in [9.17, 15) is 5.11 Å². The van der Waals surface area contributed by atoms with Gasteiger partial charge >= 0.3 is 0 Å². The largest absolute Gasteiger partial charge is 0.496 e. The van der Waals surface area contributed by atoms with Gasteiger partial charge in [0.05, 0.1) is 12.7 Å². The summed E-state index contributed by atoms with van der Waals surface area (Å²) in [5, 5.41) is 11.0. The zero-order chi connectivity index (χ0) is 14.0. The highest BCUT2D eigenvalue weighted by molar-refractivity contribution is 5.38. The Hall–Kier alpha value is -1.02. The van der Waals surface area contributed by atoms with Crippen molar-refractivity contribution in [1.29, 1.82) is 0 Å². The van der Waals surface area contributed by atoms with E-state index in [1.54, 1.807) is 7.11 Å². The number of ether oxygens (including phenoxy) is 1. The maximum atomic E-state index is 11.0. The number of benzene rings is 1. The van der Waals surface area contributed by atoms with Gasteiger partial charge in [-0.05, 0) is 49.7 Å². The Labute approximate surface area is 116 Å². The van der Waals surface area contributed by atoms with Crippen molar-refractivity contribution in [1.82, 2.24) is 0 Å². The number of aliphatic hydroxyl groups is 1. The minimum absolute atomic E-state index is 0.349. The van der Waals surface area contributed by atoms with Gasteiger partial charge in [-0.15, -0.1) is 0 Å². The summed E-state index contributed by atoms with van der Waals surface area (Å²) in [6.07, 6.45) is 3.83. The second kappa shape index (κ2) is 5.54. The van der Waals surface area contributed by atoms with Crippen LogP contribution in [-0.2, 0) is 6.42 Å². The molecule has 0 saturated heterocycles. The molecule has 106 valence electrons. The Bertz CT molecular complexity index is 441. The van der Waals surface area contributed by atoms with E-state index in [1.165, 1.54) is 5.56 Å². The summed E-state index contributed by atoms with van der Waals surface area (Å²) in [7, 11) is 1.70. The first-order valence-corrected chi connectivity index (χ1v) is 7.30. The molecule has 1 aliphatic rings. The third-order valence-electron chi connectivity index (χ3n) is 4.68. The third-order valence-corrected chi connectivity index (χ3v) is 4.68. The molecule has 3 atom stereocenters. The summed E-state index contributed by atoms with van der Waals surface area (Å²) in [5.74, 6) is 1.97. The molecule has 1 aliphatic carbocycles. The smallest absolute Gasteiger partial charge is 0.122 e. The van der Waals surface area contributed by atoms with Gasteiger partial charge in [0.15, 0.2) is 0 Å². The van der Waals surface area contributed by atoms with Crippen LogP contribution in [-0.4, -0.2) is 17.8 Å². The Kier molecular flexibility index (Phi) is 4.19. The van der Waals surface area contributed by atoms with E-state index in [0.717, 1.165) is 36.5 Å². The molecule has 0 spiro atoms. The Morgan fingerprint density at radius 3 is 2.74 bits per heavy atom. The molecule has 1 fully saturated rings. The number of hydrogen-bond donors (Lipinski definition) is 1. The van der Waals surface area contributed by atoms with E-state index in [2.05, 4.69) is 32.9 Å². The maximum absolute atomic E-state index is 11.0. The van der Waals surface area contributed by atoms with E-state index in [0.29, 0.717) is 12.3 Å². The van der Waals surface area contributed by atoms with Gasteiger partial charge in [0.2, 0.25) is 0 Å². The second-order valence-corrected chi connectivity index (χ2v) is 6.38. The summed E-state index contributed by atoms with van der Waals surface area (Å²) in [6.45, 7) is 6.54. The topological polar surface area (TPSA) is 29.5 Å². The molecular weight excluding hydrogens is 236 g/mol. The molecule has 2 nitrogen and oxygen atoms in total. The molecule has 1 aromatic carbocycles. The van der Waals surface area contributed by atoms with Crippen LogP contribution in [0.1, 0.15) is 44.2 Å². The van der Waals surface area contributed by atoms with Gasteiger partial charge in [-0.25, -0.2) is 0 Å². The van der Waals surface area contributed by atoms with Crippen LogP contribution >= 0.6 is 0 Å². The monoisotopic (exact) mass is 262 g/mol. The molecule has 0 bridgehead atoms. The standard InChI is InChI=1S/C17H26O2/c1-12-5-6-16(19-4)15(10-12)11-17(18)8-7-13(2)9-14(17)3/h5-6,10,13-14,18H,7-9,11H2,1-4H3. The lowest BCUT2D eigenvalue weighted by Crippen LogP contribution is -2.43. The third kappa shape index (κ3) is 3.11. The first-order chi connectivity index (χ1) is 8.94. The van der Waals surface area contributed by atoms with Crippen LogP contribution < -0.4 is 4.74 Å². The van der Waals surface area contributed by atoms with Crippen molar-refractivity contribution in [2.45, 2.75) is 52.1 Å².